The molecule has 1 unspecified atom stereocenters. The number of para-hydroxylation sites is 1. The highest BCUT2D eigenvalue weighted by molar-refractivity contribution is 5.74. The molecule has 0 spiro atoms. The molecular formula is C22H26N4O2. The molecule has 0 aliphatic carbocycles. The predicted molar refractivity (Wildman–Crippen MR) is 110 cm³/mol. The summed E-state index contributed by atoms with van der Waals surface area (Å²) in [6.07, 6.45) is 1.81. The van der Waals surface area contributed by atoms with Crippen molar-refractivity contribution in [2.75, 3.05) is 7.11 Å². The Morgan fingerprint density at radius 1 is 1.14 bits per heavy atom. The standard InChI is InChI=1S/C22H26N4O2/c1-15-9-11-19(12-10-15)26-17(3)20(14-24-26)16(2)25-22(27)23-13-18-7-5-6-8-21(18)28-4/h5-12,14,16H,13H2,1-4H3,(H2,23,25,27). The molecule has 0 fully saturated rings. The first-order chi connectivity index (χ1) is 13.5. The summed E-state index contributed by atoms with van der Waals surface area (Å²) in [5.41, 5.74) is 5.11. The minimum absolute atomic E-state index is 0.170. The first kappa shape index (κ1) is 19.5. The first-order valence-electron chi connectivity index (χ1n) is 9.27. The number of nitrogens with one attached hydrogen (secondary N) is 2. The number of ether oxygens (including phenoxy) is 1. The Morgan fingerprint density at radius 2 is 1.86 bits per heavy atom. The molecule has 0 radical (unpaired) electrons. The van der Waals surface area contributed by atoms with E-state index in [0.29, 0.717) is 6.54 Å². The zero-order valence-electron chi connectivity index (χ0n) is 16.7. The Bertz CT molecular complexity index is 947. The molecule has 1 aromatic heterocycles. The zero-order valence-corrected chi connectivity index (χ0v) is 16.7. The van der Waals surface area contributed by atoms with Gasteiger partial charge in [0.05, 0.1) is 25.0 Å². The molecule has 0 aliphatic heterocycles. The predicted octanol–water partition coefficient (Wildman–Crippen LogP) is 4.06. The fraction of sp³-hybridized carbons (Fsp3) is 0.273. The second-order valence-corrected chi connectivity index (χ2v) is 6.79. The maximum absolute atomic E-state index is 12.3. The molecule has 2 amide bonds. The third kappa shape index (κ3) is 4.34. The van der Waals surface area contributed by atoms with Crippen molar-refractivity contribution < 1.29 is 9.53 Å². The number of aryl methyl sites for hydroxylation is 1. The molecule has 3 aromatic rings. The van der Waals surface area contributed by atoms with Crippen LogP contribution in [0.25, 0.3) is 5.69 Å². The molecule has 2 N–H and O–H groups in total. The number of aromatic nitrogens is 2. The number of methoxy groups -OCH3 is 1. The minimum Gasteiger partial charge on any atom is -0.496 e. The number of carbonyl (C=O) groups is 1. The lowest BCUT2D eigenvalue weighted by Gasteiger charge is -2.16. The smallest absolute Gasteiger partial charge is 0.315 e. The van der Waals surface area contributed by atoms with Gasteiger partial charge in [-0.2, -0.15) is 5.10 Å². The molecule has 2 aromatic carbocycles. The highest BCUT2D eigenvalue weighted by atomic mass is 16.5. The van der Waals surface area contributed by atoms with Gasteiger partial charge in [0.1, 0.15) is 5.75 Å². The Balaban J connectivity index is 1.63. The van der Waals surface area contributed by atoms with Gasteiger partial charge in [-0.1, -0.05) is 35.9 Å². The first-order valence-corrected chi connectivity index (χ1v) is 9.27. The third-order valence-electron chi connectivity index (χ3n) is 4.77. The van der Waals surface area contributed by atoms with Crippen LogP contribution in [0.1, 0.15) is 35.3 Å². The van der Waals surface area contributed by atoms with Gasteiger partial charge in [0.2, 0.25) is 0 Å². The van der Waals surface area contributed by atoms with Crippen LogP contribution in [0.5, 0.6) is 5.75 Å². The lowest BCUT2D eigenvalue weighted by molar-refractivity contribution is 0.237. The van der Waals surface area contributed by atoms with Crippen LogP contribution in [0.3, 0.4) is 0 Å². The number of benzene rings is 2. The van der Waals surface area contributed by atoms with Crippen molar-refractivity contribution in [2.24, 2.45) is 0 Å². The second kappa shape index (κ2) is 8.61. The monoisotopic (exact) mass is 378 g/mol. The molecule has 0 saturated carbocycles. The van der Waals surface area contributed by atoms with E-state index < -0.39 is 0 Å². The summed E-state index contributed by atoms with van der Waals surface area (Å²) in [5.74, 6) is 0.756. The van der Waals surface area contributed by atoms with Gasteiger partial charge in [0.15, 0.2) is 0 Å². The van der Waals surface area contributed by atoms with Crippen LogP contribution < -0.4 is 15.4 Å². The van der Waals surface area contributed by atoms with Crippen LogP contribution in [-0.4, -0.2) is 22.9 Å². The number of hydrogen-bond acceptors (Lipinski definition) is 3. The van der Waals surface area contributed by atoms with Gasteiger partial charge in [0, 0.05) is 23.4 Å². The van der Waals surface area contributed by atoms with Crippen molar-refractivity contribution in [1.82, 2.24) is 20.4 Å². The molecule has 0 bridgehead atoms. The molecule has 6 heteroatoms. The van der Waals surface area contributed by atoms with Gasteiger partial charge in [-0.25, -0.2) is 9.48 Å². The topological polar surface area (TPSA) is 68.2 Å². The number of nitrogens with zero attached hydrogens (tertiary/aromatic N) is 2. The third-order valence-corrected chi connectivity index (χ3v) is 4.77. The maximum atomic E-state index is 12.3. The van der Waals surface area contributed by atoms with E-state index in [0.717, 1.165) is 28.3 Å². The summed E-state index contributed by atoms with van der Waals surface area (Å²) in [6.45, 7) is 6.41. The van der Waals surface area contributed by atoms with Crippen molar-refractivity contribution in [3.63, 3.8) is 0 Å². The number of rotatable bonds is 6. The van der Waals surface area contributed by atoms with Gasteiger partial charge in [-0.15, -0.1) is 0 Å². The molecule has 0 aliphatic rings. The molecule has 1 atom stereocenters. The van der Waals surface area contributed by atoms with Gasteiger partial charge >= 0.3 is 6.03 Å². The van der Waals surface area contributed by atoms with Gasteiger partial charge in [0.25, 0.3) is 0 Å². The Hall–Kier alpha value is -3.28. The van der Waals surface area contributed by atoms with E-state index in [4.69, 9.17) is 4.74 Å². The number of carbonyl (C=O) groups excluding carboxylic acids is 1. The fourth-order valence-corrected chi connectivity index (χ4v) is 3.14. The average Bonchev–Trinajstić information content (AvgIpc) is 3.08. The van der Waals surface area contributed by atoms with E-state index in [1.807, 2.05) is 54.9 Å². The van der Waals surface area contributed by atoms with E-state index in [1.165, 1.54) is 5.56 Å². The Kier molecular flexibility index (Phi) is 5.99. The van der Waals surface area contributed by atoms with Gasteiger partial charge in [-0.3, -0.25) is 0 Å². The van der Waals surface area contributed by atoms with E-state index in [1.54, 1.807) is 13.3 Å². The Labute approximate surface area is 165 Å². The molecule has 146 valence electrons. The number of hydrogen-bond donors (Lipinski definition) is 2. The maximum Gasteiger partial charge on any atom is 0.315 e. The summed E-state index contributed by atoms with van der Waals surface area (Å²) >= 11 is 0. The minimum atomic E-state index is -0.235. The molecule has 6 nitrogen and oxygen atoms in total. The molecule has 1 heterocycles. The summed E-state index contributed by atoms with van der Waals surface area (Å²) in [5, 5.41) is 10.3. The fourth-order valence-electron chi connectivity index (χ4n) is 3.14. The van der Waals surface area contributed by atoms with Crippen LogP contribution >= 0.6 is 0 Å². The number of urea groups is 1. The zero-order chi connectivity index (χ0) is 20.1. The van der Waals surface area contributed by atoms with Crippen molar-refractivity contribution in [2.45, 2.75) is 33.4 Å². The van der Waals surface area contributed by atoms with Crippen LogP contribution in [0.2, 0.25) is 0 Å². The molecular weight excluding hydrogens is 352 g/mol. The number of amides is 2. The summed E-state index contributed by atoms with van der Waals surface area (Å²) < 4.78 is 7.20. The largest absolute Gasteiger partial charge is 0.496 e. The van der Waals surface area contributed by atoms with Crippen molar-refractivity contribution in [3.8, 4) is 11.4 Å². The second-order valence-electron chi connectivity index (χ2n) is 6.79. The van der Waals surface area contributed by atoms with Crippen LogP contribution in [-0.2, 0) is 6.54 Å². The molecule has 0 saturated heterocycles. The molecule has 28 heavy (non-hydrogen) atoms. The lowest BCUT2D eigenvalue weighted by atomic mass is 10.1. The van der Waals surface area contributed by atoms with Crippen molar-refractivity contribution in [3.05, 3.63) is 77.1 Å². The van der Waals surface area contributed by atoms with Gasteiger partial charge in [-0.05, 0) is 39.0 Å². The molecule has 3 rings (SSSR count). The summed E-state index contributed by atoms with van der Waals surface area (Å²) in [4.78, 5) is 12.3. The normalized spacial score (nSPS) is 11.7. The quantitative estimate of drug-likeness (QED) is 0.680. The van der Waals surface area contributed by atoms with Crippen molar-refractivity contribution >= 4 is 6.03 Å². The summed E-state index contributed by atoms with van der Waals surface area (Å²) in [6, 6.07) is 15.4. The lowest BCUT2D eigenvalue weighted by Crippen LogP contribution is -2.36. The Morgan fingerprint density at radius 3 is 2.57 bits per heavy atom. The average molecular weight is 378 g/mol. The van der Waals surface area contributed by atoms with E-state index in [2.05, 4.69) is 34.8 Å². The SMILES string of the molecule is COc1ccccc1CNC(=O)NC(C)c1cnn(-c2ccc(C)cc2)c1C. The van der Waals surface area contributed by atoms with E-state index in [9.17, 15) is 4.79 Å². The van der Waals surface area contributed by atoms with E-state index >= 15 is 0 Å². The van der Waals surface area contributed by atoms with Crippen LogP contribution in [0.4, 0.5) is 4.79 Å². The highest BCUT2D eigenvalue weighted by Gasteiger charge is 2.16. The van der Waals surface area contributed by atoms with Gasteiger partial charge < -0.3 is 15.4 Å². The van der Waals surface area contributed by atoms with E-state index in [-0.39, 0.29) is 12.1 Å². The highest BCUT2D eigenvalue weighted by Crippen LogP contribution is 2.21. The summed E-state index contributed by atoms with van der Waals surface area (Å²) in [7, 11) is 1.62. The van der Waals surface area contributed by atoms with Crippen LogP contribution in [0.15, 0.2) is 54.7 Å². The van der Waals surface area contributed by atoms with Crippen LogP contribution in [0, 0.1) is 13.8 Å². The van der Waals surface area contributed by atoms with Crippen molar-refractivity contribution in [1.29, 1.82) is 0 Å².